The molecular weight excluding hydrogens is 240 g/mol. The van der Waals surface area contributed by atoms with Crippen LogP contribution < -0.4 is 0 Å². The van der Waals surface area contributed by atoms with E-state index in [1.807, 2.05) is 6.07 Å². The van der Waals surface area contributed by atoms with Crippen molar-refractivity contribution in [1.82, 2.24) is 0 Å². The highest BCUT2D eigenvalue weighted by Crippen LogP contribution is 2.40. The van der Waals surface area contributed by atoms with Crippen LogP contribution in [0.25, 0.3) is 0 Å². The average Bonchev–Trinajstić information content (AvgIpc) is 3.19. The van der Waals surface area contributed by atoms with Gasteiger partial charge in [-0.3, -0.25) is 0 Å². The smallest absolute Gasteiger partial charge is 0.0441 e. The van der Waals surface area contributed by atoms with Gasteiger partial charge in [-0.15, -0.1) is 0 Å². The molecule has 0 aromatic heterocycles. The van der Waals surface area contributed by atoms with Crippen LogP contribution in [0.15, 0.2) is 42.5 Å². The van der Waals surface area contributed by atoms with Gasteiger partial charge in [0, 0.05) is 5.02 Å². The Kier molecular flexibility index (Phi) is 3.13. The minimum atomic E-state index is 0.835. The Balaban J connectivity index is 1.80. The van der Waals surface area contributed by atoms with Gasteiger partial charge in [0.15, 0.2) is 0 Å². The van der Waals surface area contributed by atoms with E-state index in [-0.39, 0.29) is 0 Å². The van der Waals surface area contributed by atoms with Crippen LogP contribution in [0.1, 0.15) is 41.0 Å². The normalized spacial score (nSPS) is 14.8. The van der Waals surface area contributed by atoms with E-state index >= 15 is 0 Å². The van der Waals surface area contributed by atoms with Crippen molar-refractivity contribution in [3.63, 3.8) is 0 Å². The maximum Gasteiger partial charge on any atom is 0.0441 e. The van der Waals surface area contributed by atoms with Crippen LogP contribution in [-0.2, 0) is 6.42 Å². The summed E-state index contributed by atoms with van der Waals surface area (Å²) < 4.78 is 0. The number of halogens is 1. The molecule has 3 rings (SSSR count). The van der Waals surface area contributed by atoms with Gasteiger partial charge in [0.25, 0.3) is 0 Å². The monoisotopic (exact) mass is 256 g/mol. The molecule has 1 fully saturated rings. The van der Waals surface area contributed by atoms with E-state index in [1.54, 1.807) is 0 Å². The molecule has 0 unspecified atom stereocenters. The van der Waals surface area contributed by atoms with E-state index < -0.39 is 0 Å². The van der Waals surface area contributed by atoms with Gasteiger partial charge in [-0.2, -0.15) is 0 Å². The van der Waals surface area contributed by atoms with Crippen LogP contribution in [0.5, 0.6) is 0 Å². The molecule has 0 aliphatic heterocycles. The highest BCUT2D eigenvalue weighted by molar-refractivity contribution is 6.31. The topological polar surface area (TPSA) is 0 Å². The molecule has 0 bridgehead atoms. The molecule has 1 aliphatic carbocycles. The van der Waals surface area contributed by atoms with Crippen molar-refractivity contribution in [2.45, 2.75) is 32.1 Å². The Hall–Kier alpha value is -1.27. The molecule has 0 nitrogen and oxygen atoms in total. The standard InChI is InChI=1S/C17H17Cl/c1-12-2-9-17(18)16(10-12)11-13-3-5-14(6-4-13)15-7-8-15/h2-6,9-10,15H,7-8,11H2,1H3. The first-order valence-corrected chi connectivity index (χ1v) is 6.94. The van der Waals surface area contributed by atoms with Gasteiger partial charge in [0.2, 0.25) is 0 Å². The first-order chi connectivity index (χ1) is 8.72. The summed E-state index contributed by atoms with van der Waals surface area (Å²) in [6, 6.07) is 15.3. The minimum Gasteiger partial charge on any atom is -0.0840 e. The fourth-order valence-electron chi connectivity index (χ4n) is 2.38. The molecule has 0 amide bonds. The summed E-state index contributed by atoms with van der Waals surface area (Å²) in [4.78, 5) is 0. The molecule has 0 atom stereocenters. The third-order valence-electron chi connectivity index (χ3n) is 3.62. The summed E-state index contributed by atoms with van der Waals surface area (Å²) in [7, 11) is 0. The summed E-state index contributed by atoms with van der Waals surface area (Å²) >= 11 is 6.24. The maximum atomic E-state index is 6.24. The Morgan fingerprint density at radius 1 is 1.06 bits per heavy atom. The Bertz CT molecular complexity index is 550. The molecular formula is C17H17Cl. The number of hydrogen-bond acceptors (Lipinski definition) is 0. The van der Waals surface area contributed by atoms with E-state index in [0.29, 0.717) is 0 Å². The third kappa shape index (κ3) is 2.59. The largest absolute Gasteiger partial charge is 0.0840 e. The zero-order valence-electron chi connectivity index (χ0n) is 10.6. The van der Waals surface area contributed by atoms with Crippen LogP contribution in [-0.4, -0.2) is 0 Å². The molecule has 92 valence electrons. The summed E-state index contributed by atoms with van der Waals surface area (Å²) in [5.74, 6) is 0.835. The lowest BCUT2D eigenvalue weighted by Crippen LogP contribution is -1.91. The summed E-state index contributed by atoms with van der Waals surface area (Å²) in [5, 5.41) is 0.867. The second-order valence-corrected chi connectivity index (χ2v) is 5.69. The molecule has 0 radical (unpaired) electrons. The summed E-state index contributed by atoms with van der Waals surface area (Å²) in [6.07, 6.45) is 3.65. The highest BCUT2D eigenvalue weighted by Gasteiger charge is 2.22. The van der Waals surface area contributed by atoms with E-state index in [2.05, 4.69) is 43.3 Å². The van der Waals surface area contributed by atoms with Crippen molar-refractivity contribution >= 4 is 11.6 Å². The molecule has 2 aromatic rings. The lowest BCUT2D eigenvalue weighted by Gasteiger charge is -2.07. The second-order valence-electron chi connectivity index (χ2n) is 5.29. The lowest BCUT2D eigenvalue weighted by molar-refractivity contribution is 1.11. The average molecular weight is 257 g/mol. The van der Waals surface area contributed by atoms with Crippen molar-refractivity contribution < 1.29 is 0 Å². The van der Waals surface area contributed by atoms with Crippen LogP contribution in [0.3, 0.4) is 0 Å². The SMILES string of the molecule is Cc1ccc(Cl)c(Cc2ccc(C3CC3)cc2)c1. The number of rotatable bonds is 3. The van der Waals surface area contributed by atoms with Gasteiger partial charge in [-0.05, 0) is 54.9 Å². The molecule has 1 aliphatic rings. The van der Waals surface area contributed by atoms with Gasteiger partial charge in [-0.25, -0.2) is 0 Å². The fraction of sp³-hybridized carbons (Fsp3) is 0.294. The number of hydrogen-bond donors (Lipinski definition) is 0. The molecule has 0 spiro atoms. The van der Waals surface area contributed by atoms with Gasteiger partial charge in [-0.1, -0.05) is 53.6 Å². The maximum absolute atomic E-state index is 6.24. The Morgan fingerprint density at radius 2 is 1.78 bits per heavy atom. The molecule has 0 N–H and O–H groups in total. The Labute approximate surface area is 114 Å². The lowest BCUT2D eigenvalue weighted by atomic mass is 10.0. The molecule has 2 aromatic carbocycles. The van der Waals surface area contributed by atoms with Gasteiger partial charge in [0.05, 0.1) is 0 Å². The minimum absolute atomic E-state index is 0.835. The van der Waals surface area contributed by atoms with Crippen molar-refractivity contribution in [1.29, 1.82) is 0 Å². The molecule has 0 saturated heterocycles. The van der Waals surface area contributed by atoms with E-state index in [1.165, 1.54) is 35.1 Å². The quantitative estimate of drug-likeness (QED) is 0.715. The van der Waals surface area contributed by atoms with E-state index in [0.717, 1.165) is 17.4 Å². The van der Waals surface area contributed by atoms with Gasteiger partial charge >= 0.3 is 0 Å². The van der Waals surface area contributed by atoms with Crippen LogP contribution in [0.4, 0.5) is 0 Å². The van der Waals surface area contributed by atoms with Gasteiger partial charge in [0.1, 0.15) is 0 Å². The number of aryl methyl sites for hydroxylation is 1. The van der Waals surface area contributed by atoms with Gasteiger partial charge < -0.3 is 0 Å². The number of benzene rings is 2. The zero-order valence-corrected chi connectivity index (χ0v) is 11.4. The Morgan fingerprint density at radius 3 is 2.44 bits per heavy atom. The predicted molar refractivity (Wildman–Crippen MR) is 77.4 cm³/mol. The van der Waals surface area contributed by atoms with Crippen LogP contribution >= 0.6 is 11.6 Å². The molecule has 0 heterocycles. The molecule has 1 heteroatoms. The summed E-state index contributed by atoms with van der Waals surface area (Å²) in [5.41, 5.74) is 5.32. The third-order valence-corrected chi connectivity index (χ3v) is 3.99. The molecule has 18 heavy (non-hydrogen) atoms. The predicted octanol–water partition coefficient (Wildman–Crippen LogP) is 5.12. The van der Waals surface area contributed by atoms with Crippen molar-refractivity contribution in [2.24, 2.45) is 0 Å². The highest BCUT2D eigenvalue weighted by atomic mass is 35.5. The van der Waals surface area contributed by atoms with Crippen molar-refractivity contribution in [2.75, 3.05) is 0 Å². The van der Waals surface area contributed by atoms with E-state index in [9.17, 15) is 0 Å². The first kappa shape index (κ1) is 11.8. The van der Waals surface area contributed by atoms with Crippen molar-refractivity contribution in [3.05, 3.63) is 69.7 Å². The second kappa shape index (κ2) is 4.78. The van der Waals surface area contributed by atoms with Crippen molar-refractivity contribution in [3.8, 4) is 0 Å². The van der Waals surface area contributed by atoms with Crippen LogP contribution in [0.2, 0.25) is 5.02 Å². The molecule has 1 saturated carbocycles. The fourth-order valence-corrected chi connectivity index (χ4v) is 2.57. The zero-order chi connectivity index (χ0) is 12.5. The summed E-state index contributed by atoms with van der Waals surface area (Å²) in [6.45, 7) is 2.11. The van der Waals surface area contributed by atoms with E-state index in [4.69, 9.17) is 11.6 Å². The van der Waals surface area contributed by atoms with Crippen LogP contribution in [0, 0.1) is 6.92 Å². The first-order valence-electron chi connectivity index (χ1n) is 6.56.